The smallest absolute Gasteiger partial charge is 0.0722 e. The predicted molar refractivity (Wildman–Crippen MR) is 92.8 cm³/mol. The summed E-state index contributed by atoms with van der Waals surface area (Å²) >= 11 is 7.09. The molecule has 5 heteroatoms. The molecule has 3 rings (SSSR count). The van der Waals surface area contributed by atoms with Crippen molar-refractivity contribution in [1.29, 1.82) is 0 Å². The molecule has 1 heterocycles. The van der Waals surface area contributed by atoms with Gasteiger partial charge in [0.1, 0.15) is 0 Å². The van der Waals surface area contributed by atoms with Gasteiger partial charge in [-0.3, -0.25) is 10.8 Å². The molecule has 106 valence electrons. The molecule has 3 aromatic rings. The first-order chi connectivity index (χ1) is 10.2. The minimum absolute atomic E-state index is 0.108. The van der Waals surface area contributed by atoms with Gasteiger partial charge in [0.15, 0.2) is 0 Å². The van der Waals surface area contributed by atoms with Crippen LogP contribution in [-0.2, 0) is 0 Å². The first-order valence-corrected chi connectivity index (χ1v) is 8.03. The number of nitrogens with one attached hydrogen (secondary N) is 1. The lowest BCUT2D eigenvalue weighted by molar-refractivity contribution is 0.635. The zero-order valence-corrected chi connectivity index (χ0v) is 14.2. The van der Waals surface area contributed by atoms with Gasteiger partial charge in [0.25, 0.3) is 0 Å². The maximum atomic E-state index is 5.79. The summed E-state index contributed by atoms with van der Waals surface area (Å²) in [6.07, 6.45) is 1.80. The number of nitrogens with zero attached hydrogens (tertiary/aromatic N) is 1. The predicted octanol–water partition coefficient (Wildman–Crippen LogP) is 4.31. The molecule has 0 radical (unpaired) electrons. The Morgan fingerprint density at radius 2 is 1.90 bits per heavy atom. The highest BCUT2D eigenvalue weighted by atomic mass is 79.9. The van der Waals surface area contributed by atoms with Crippen LogP contribution in [0.3, 0.4) is 0 Å². The number of halogens is 2. The van der Waals surface area contributed by atoms with Crippen LogP contribution in [0, 0.1) is 0 Å². The van der Waals surface area contributed by atoms with Crippen molar-refractivity contribution in [2.45, 2.75) is 6.04 Å². The number of fused-ring (bicyclic) bond motifs is 1. The molecular weight excluding hydrogens is 394 g/mol. The van der Waals surface area contributed by atoms with Gasteiger partial charge < -0.3 is 0 Å². The van der Waals surface area contributed by atoms with Gasteiger partial charge >= 0.3 is 0 Å². The highest BCUT2D eigenvalue weighted by molar-refractivity contribution is 9.11. The van der Waals surface area contributed by atoms with Crippen molar-refractivity contribution in [1.82, 2.24) is 10.4 Å². The summed E-state index contributed by atoms with van der Waals surface area (Å²) in [6, 6.07) is 16.1. The largest absolute Gasteiger partial charge is 0.271 e. The summed E-state index contributed by atoms with van der Waals surface area (Å²) in [5.74, 6) is 5.79. The summed E-state index contributed by atoms with van der Waals surface area (Å²) in [5.41, 5.74) is 5.99. The molecular formula is C16H13Br2N3. The summed E-state index contributed by atoms with van der Waals surface area (Å²) in [6.45, 7) is 0. The van der Waals surface area contributed by atoms with Crippen LogP contribution in [0.25, 0.3) is 10.9 Å². The fourth-order valence-electron chi connectivity index (χ4n) is 2.36. The van der Waals surface area contributed by atoms with Crippen molar-refractivity contribution in [2.75, 3.05) is 0 Å². The summed E-state index contributed by atoms with van der Waals surface area (Å²) < 4.78 is 2.02. The van der Waals surface area contributed by atoms with Gasteiger partial charge in [-0.2, -0.15) is 0 Å². The van der Waals surface area contributed by atoms with E-state index in [2.05, 4.69) is 66.5 Å². The highest BCUT2D eigenvalue weighted by Crippen LogP contribution is 2.31. The van der Waals surface area contributed by atoms with Crippen LogP contribution < -0.4 is 11.3 Å². The van der Waals surface area contributed by atoms with Gasteiger partial charge in [0.2, 0.25) is 0 Å². The summed E-state index contributed by atoms with van der Waals surface area (Å²) in [5, 5.41) is 1.12. The van der Waals surface area contributed by atoms with E-state index in [-0.39, 0.29) is 6.04 Å². The number of hydrogen-bond acceptors (Lipinski definition) is 3. The van der Waals surface area contributed by atoms with Crippen LogP contribution in [0.5, 0.6) is 0 Å². The van der Waals surface area contributed by atoms with E-state index in [0.717, 1.165) is 31.0 Å². The molecule has 2 aromatic carbocycles. The number of rotatable bonds is 3. The van der Waals surface area contributed by atoms with Crippen LogP contribution in [-0.4, -0.2) is 4.98 Å². The van der Waals surface area contributed by atoms with E-state index >= 15 is 0 Å². The van der Waals surface area contributed by atoms with Crippen LogP contribution in [0.15, 0.2) is 63.7 Å². The third-order valence-corrected chi connectivity index (χ3v) is 4.61. The van der Waals surface area contributed by atoms with Crippen molar-refractivity contribution >= 4 is 42.8 Å². The zero-order chi connectivity index (χ0) is 14.8. The topological polar surface area (TPSA) is 50.9 Å². The van der Waals surface area contributed by atoms with E-state index in [0.29, 0.717) is 0 Å². The van der Waals surface area contributed by atoms with Crippen LogP contribution in [0.1, 0.15) is 17.2 Å². The minimum Gasteiger partial charge on any atom is -0.271 e. The Labute approximate surface area is 139 Å². The van der Waals surface area contributed by atoms with E-state index < -0.39 is 0 Å². The van der Waals surface area contributed by atoms with Gasteiger partial charge in [0.05, 0.1) is 11.6 Å². The summed E-state index contributed by atoms with van der Waals surface area (Å²) in [4.78, 5) is 4.40. The first kappa shape index (κ1) is 14.7. The quantitative estimate of drug-likeness (QED) is 0.503. The Morgan fingerprint density at radius 3 is 2.71 bits per heavy atom. The number of pyridine rings is 1. The van der Waals surface area contributed by atoms with Crippen molar-refractivity contribution in [3.8, 4) is 0 Å². The molecule has 3 N–H and O–H groups in total. The second kappa shape index (κ2) is 6.23. The molecule has 0 amide bonds. The average Bonchev–Trinajstić information content (AvgIpc) is 2.51. The van der Waals surface area contributed by atoms with Crippen molar-refractivity contribution < 1.29 is 0 Å². The van der Waals surface area contributed by atoms with Gasteiger partial charge in [-0.15, -0.1) is 0 Å². The molecule has 3 nitrogen and oxygen atoms in total. The second-order valence-electron chi connectivity index (χ2n) is 4.72. The standard InChI is InChI=1S/C16H13Br2N3/c17-12-5-6-14(18)13(9-12)16(21-19)11-4-3-10-2-1-7-20-15(10)8-11/h1-9,16,21H,19H2. The molecule has 1 atom stereocenters. The number of benzene rings is 2. The molecule has 0 spiro atoms. The van der Waals surface area contributed by atoms with Crippen LogP contribution in [0.2, 0.25) is 0 Å². The lowest BCUT2D eigenvalue weighted by Crippen LogP contribution is -2.29. The second-order valence-corrected chi connectivity index (χ2v) is 6.49. The van der Waals surface area contributed by atoms with E-state index in [4.69, 9.17) is 5.84 Å². The Morgan fingerprint density at radius 1 is 1.05 bits per heavy atom. The van der Waals surface area contributed by atoms with Crippen molar-refractivity contribution in [3.05, 3.63) is 74.8 Å². The minimum atomic E-state index is -0.108. The molecule has 0 aliphatic rings. The molecule has 0 bridgehead atoms. The first-order valence-electron chi connectivity index (χ1n) is 6.45. The number of nitrogens with two attached hydrogens (primary N) is 1. The molecule has 0 aliphatic carbocycles. The monoisotopic (exact) mass is 405 g/mol. The van der Waals surface area contributed by atoms with E-state index in [1.807, 2.05) is 24.3 Å². The molecule has 0 aliphatic heterocycles. The average molecular weight is 407 g/mol. The zero-order valence-electron chi connectivity index (χ0n) is 11.1. The Hall–Kier alpha value is -1.27. The highest BCUT2D eigenvalue weighted by Gasteiger charge is 2.16. The number of hydrogen-bond donors (Lipinski definition) is 2. The maximum absolute atomic E-state index is 5.79. The van der Waals surface area contributed by atoms with Crippen LogP contribution >= 0.6 is 31.9 Å². The van der Waals surface area contributed by atoms with Gasteiger partial charge in [-0.25, -0.2) is 5.43 Å². The molecule has 0 saturated heterocycles. The fourth-order valence-corrected chi connectivity index (χ4v) is 3.22. The van der Waals surface area contributed by atoms with Gasteiger partial charge in [-0.05, 0) is 41.5 Å². The Balaban J connectivity index is 2.11. The Kier molecular flexibility index (Phi) is 4.35. The fraction of sp³-hybridized carbons (Fsp3) is 0.0625. The normalized spacial score (nSPS) is 12.5. The lowest BCUT2D eigenvalue weighted by atomic mass is 9.98. The molecule has 1 unspecified atom stereocenters. The molecule has 0 saturated carbocycles. The number of aromatic nitrogens is 1. The molecule has 1 aromatic heterocycles. The SMILES string of the molecule is NNC(c1ccc2cccnc2c1)c1cc(Br)ccc1Br. The summed E-state index contributed by atoms with van der Waals surface area (Å²) in [7, 11) is 0. The van der Waals surface area contributed by atoms with E-state index in [1.54, 1.807) is 6.20 Å². The Bertz CT molecular complexity index is 789. The third kappa shape index (κ3) is 3.01. The van der Waals surface area contributed by atoms with Crippen molar-refractivity contribution in [2.24, 2.45) is 5.84 Å². The number of hydrazine groups is 1. The van der Waals surface area contributed by atoms with Crippen molar-refractivity contribution in [3.63, 3.8) is 0 Å². The van der Waals surface area contributed by atoms with Gasteiger partial charge in [-0.1, -0.05) is 50.1 Å². The van der Waals surface area contributed by atoms with Gasteiger partial charge in [0, 0.05) is 20.5 Å². The lowest BCUT2D eigenvalue weighted by Gasteiger charge is -2.19. The van der Waals surface area contributed by atoms with E-state index in [1.165, 1.54) is 0 Å². The van der Waals surface area contributed by atoms with E-state index in [9.17, 15) is 0 Å². The molecule has 21 heavy (non-hydrogen) atoms. The third-order valence-electron chi connectivity index (χ3n) is 3.40. The maximum Gasteiger partial charge on any atom is 0.0722 e. The van der Waals surface area contributed by atoms with Crippen LogP contribution in [0.4, 0.5) is 0 Å². The molecule has 0 fully saturated rings.